The summed E-state index contributed by atoms with van der Waals surface area (Å²) in [6.07, 6.45) is -0.260. The molecule has 0 fully saturated rings. The second-order valence-corrected chi connectivity index (χ2v) is 5.94. The predicted octanol–water partition coefficient (Wildman–Crippen LogP) is 4.15. The number of carbonyl (C=O) groups is 2. The summed E-state index contributed by atoms with van der Waals surface area (Å²) >= 11 is 5.86. The summed E-state index contributed by atoms with van der Waals surface area (Å²) in [5.74, 6) is -0.755. The Morgan fingerprint density at radius 1 is 0.920 bits per heavy atom. The van der Waals surface area contributed by atoms with Crippen LogP contribution in [-0.2, 0) is 9.59 Å². The summed E-state index contributed by atoms with van der Waals surface area (Å²) in [6.45, 7) is 6.03. The van der Waals surface area contributed by atoms with Crippen LogP contribution in [0.25, 0.3) is 0 Å². The molecular weight excluding hydrogens is 338 g/mol. The molecule has 0 aliphatic carbocycles. The molecule has 2 rings (SSSR count). The number of nitrogens with zero attached hydrogens (tertiary/aromatic N) is 1. The summed E-state index contributed by atoms with van der Waals surface area (Å²) in [5.41, 5.74) is 2.33. The minimum absolute atomic E-state index is 0.260. The Kier molecular flexibility index (Phi) is 6.83. The highest BCUT2D eigenvalue weighted by Gasteiger charge is 2.10. The van der Waals surface area contributed by atoms with Crippen molar-refractivity contribution in [3.8, 4) is 0 Å². The smallest absolute Gasteiger partial charge is 0.233 e. The molecule has 2 aromatic rings. The molecule has 0 saturated heterocycles. The van der Waals surface area contributed by atoms with Crippen LogP contribution in [0.5, 0.6) is 0 Å². The van der Waals surface area contributed by atoms with Crippen LogP contribution in [0, 0.1) is 0 Å². The van der Waals surface area contributed by atoms with Gasteiger partial charge in [0.05, 0.1) is 0 Å². The predicted molar refractivity (Wildman–Crippen MR) is 103 cm³/mol. The Bertz CT molecular complexity index is 728. The molecule has 0 spiro atoms. The standard InChI is InChI=1S/C19H22ClN3O2/c1-3-23(4-2)17-10-8-15(9-11-17)21-18(24)13-19(25)22-16-7-5-6-14(20)12-16/h5-12H,3-4,13H2,1-2H3,(H,21,24)(H,22,25). The van der Waals surface area contributed by atoms with E-state index in [0.29, 0.717) is 16.4 Å². The zero-order chi connectivity index (χ0) is 18.2. The molecule has 25 heavy (non-hydrogen) atoms. The molecule has 2 aromatic carbocycles. The van der Waals surface area contributed by atoms with Crippen molar-refractivity contribution < 1.29 is 9.59 Å². The molecule has 0 radical (unpaired) electrons. The van der Waals surface area contributed by atoms with E-state index < -0.39 is 0 Å². The van der Waals surface area contributed by atoms with Crippen LogP contribution in [0.4, 0.5) is 17.1 Å². The summed E-state index contributed by atoms with van der Waals surface area (Å²) in [7, 11) is 0. The molecule has 0 bridgehead atoms. The lowest BCUT2D eigenvalue weighted by Crippen LogP contribution is -2.22. The van der Waals surface area contributed by atoms with Gasteiger partial charge < -0.3 is 15.5 Å². The van der Waals surface area contributed by atoms with Crippen molar-refractivity contribution >= 4 is 40.5 Å². The first-order valence-corrected chi connectivity index (χ1v) is 8.60. The number of hydrogen-bond donors (Lipinski definition) is 2. The van der Waals surface area contributed by atoms with Gasteiger partial charge in [0.15, 0.2) is 0 Å². The van der Waals surface area contributed by atoms with Crippen LogP contribution in [-0.4, -0.2) is 24.9 Å². The molecule has 0 unspecified atom stereocenters. The van der Waals surface area contributed by atoms with Gasteiger partial charge in [0.25, 0.3) is 0 Å². The van der Waals surface area contributed by atoms with Crippen molar-refractivity contribution in [1.29, 1.82) is 0 Å². The fourth-order valence-corrected chi connectivity index (χ4v) is 2.66. The van der Waals surface area contributed by atoms with Crippen molar-refractivity contribution in [2.75, 3.05) is 28.6 Å². The Hall–Kier alpha value is -2.53. The molecule has 0 aliphatic heterocycles. The van der Waals surface area contributed by atoms with E-state index in [0.717, 1.165) is 18.8 Å². The van der Waals surface area contributed by atoms with Gasteiger partial charge >= 0.3 is 0 Å². The number of anilines is 3. The summed E-state index contributed by atoms with van der Waals surface area (Å²) in [5, 5.41) is 5.90. The van der Waals surface area contributed by atoms with Gasteiger partial charge in [-0.25, -0.2) is 0 Å². The van der Waals surface area contributed by atoms with Gasteiger partial charge in [-0.2, -0.15) is 0 Å². The molecular formula is C19H22ClN3O2. The van der Waals surface area contributed by atoms with Crippen molar-refractivity contribution in [2.24, 2.45) is 0 Å². The maximum atomic E-state index is 12.0. The molecule has 0 heterocycles. The van der Waals surface area contributed by atoms with E-state index in [-0.39, 0.29) is 18.2 Å². The Balaban J connectivity index is 1.88. The molecule has 0 aromatic heterocycles. The van der Waals surface area contributed by atoms with E-state index in [1.165, 1.54) is 0 Å². The fourth-order valence-electron chi connectivity index (χ4n) is 2.47. The van der Waals surface area contributed by atoms with Crippen molar-refractivity contribution in [3.63, 3.8) is 0 Å². The molecule has 0 atom stereocenters. The van der Waals surface area contributed by atoms with Gasteiger partial charge in [-0.05, 0) is 56.3 Å². The summed E-state index contributed by atoms with van der Waals surface area (Å²) < 4.78 is 0. The van der Waals surface area contributed by atoms with Crippen LogP contribution < -0.4 is 15.5 Å². The Morgan fingerprint density at radius 3 is 2.08 bits per heavy atom. The third kappa shape index (κ3) is 5.80. The van der Waals surface area contributed by atoms with Crippen LogP contribution in [0.15, 0.2) is 48.5 Å². The maximum Gasteiger partial charge on any atom is 0.233 e. The SMILES string of the molecule is CCN(CC)c1ccc(NC(=O)CC(=O)Nc2cccc(Cl)c2)cc1. The second-order valence-electron chi connectivity index (χ2n) is 5.50. The van der Waals surface area contributed by atoms with Gasteiger partial charge in [-0.1, -0.05) is 17.7 Å². The number of rotatable bonds is 7. The fraction of sp³-hybridized carbons (Fsp3) is 0.263. The zero-order valence-corrected chi connectivity index (χ0v) is 15.1. The minimum atomic E-state index is -0.389. The molecule has 6 heteroatoms. The van der Waals surface area contributed by atoms with E-state index in [1.807, 2.05) is 24.3 Å². The highest BCUT2D eigenvalue weighted by atomic mass is 35.5. The average Bonchev–Trinajstić information content (AvgIpc) is 2.57. The number of halogens is 1. The van der Waals surface area contributed by atoms with E-state index in [2.05, 4.69) is 29.4 Å². The van der Waals surface area contributed by atoms with Crippen molar-refractivity contribution in [1.82, 2.24) is 0 Å². The molecule has 2 amide bonds. The van der Waals surface area contributed by atoms with Crippen molar-refractivity contribution in [3.05, 3.63) is 53.6 Å². The van der Waals surface area contributed by atoms with E-state index in [1.54, 1.807) is 24.3 Å². The maximum absolute atomic E-state index is 12.0. The summed E-state index contributed by atoms with van der Waals surface area (Å²) in [6, 6.07) is 14.4. The number of nitrogens with one attached hydrogen (secondary N) is 2. The first kappa shape index (κ1) is 18.8. The van der Waals surface area contributed by atoms with Crippen LogP contribution in [0.3, 0.4) is 0 Å². The lowest BCUT2D eigenvalue weighted by molar-refractivity contribution is -0.123. The summed E-state index contributed by atoms with van der Waals surface area (Å²) in [4.78, 5) is 26.1. The average molecular weight is 360 g/mol. The number of benzene rings is 2. The lowest BCUT2D eigenvalue weighted by atomic mass is 10.2. The first-order valence-electron chi connectivity index (χ1n) is 8.22. The minimum Gasteiger partial charge on any atom is -0.372 e. The topological polar surface area (TPSA) is 61.4 Å². The Morgan fingerprint density at radius 2 is 1.52 bits per heavy atom. The van der Waals surface area contributed by atoms with Gasteiger partial charge in [0.2, 0.25) is 11.8 Å². The van der Waals surface area contributed by atoms with E-state index in [4.69, 9.17) is 11.6 Å². The van der Waals surface area contributed by atoms with Gasteiger partial charge in [-0.15, -0.1) is 0 Å². The lowest BCUT2D eigenvalue weighted by Gasteiger charge is -2.21. The zero-order valence-electron chi connectivity index (χ0n) is 14.4. The van der Waals surface area contributed by atoms with Crippen LogP contribution in [0.1, 0.15) is 20.3 Å². The van der Waals surface area contributed by atoms with Gasteiger partial charge in [0.1, 0.15) is 6.42 Å². The normalized spacial score (nSPS) is 10.2. The number of carbonyl (C=O) groups excluding carboxylic acids is 2. The van der Waals surface area contributed by atoms with Crippen molar-refractivity contribution in [2.45, 2.75) is 20.3 Å². The largest absolute Gasteiger partial charge is 0.372 e. The van der Waals surface area contributed by atoms with E-state index >= 15 is 0 Å². The van der Waals surface area contributed by atoms with E-state index in [9.17, 15) is 9.59 Å². The monoisotopic (exact) mass is 359 g/mol. The first-order chi connectivity index (χ1) is 12.0. The highest BCUT2D eigenvalue weighted by molar-refractivity contribution is 6.30. The third-order valence-corrected chi connectivity index (χ3v) is 3.94. The molecule has 0 saturated carbocycles. The molecule has 0 aliphatic rings. The number of amides is 2. The number of hydrogen-bond acceptors (Lipinski definition) is 3. The van der Waals surface area contributed by atoms with Crippen LogP contribution in [0.2, 0.25) is 5.02 Å². The molecule has 2 N–H and O–H groups in total. The van der Waals surface area contributed by atoms with Gasteiger partial charge in [-0.3, -0.25) is 9.59 Å². The van der Waals surface area contributed by atoms with Crippen LogP contribution >= 0.6 is 11.6 Å². The highest BCUT2D eigenvalue weighted by Crippen LogP contribution is 2.18. The third-order valence-electron chi connectivity index (χ3n) is 3.71. The quantitative estimate of drug-likeness (QED) is 0.730. The second kappa shape index (κ2) is 9.08. The molecule has 132 valence electrons. The molecule has 5 nitrogen and oxygen atoms in total. The van der Waals surface area contributed by atoms with Gasteiger partial charge in [0, 0.05) is 35.2 Å². The Labute approximate surface area is 153 Å².